The summed E-state index contributed by atoms with van der Waals surface area (Å²) < 4.78 is 5.41. The van der Waals surface area contributed by atoms with E-state index >= 15 is 0 Å². The zero-order chi connectivity index (χ0) is 14.2. The number of hydrogen-bond acceptors (Lipinski definition) is 2. The van der Waals surface area contributed by atoms with Crippen LogP contribution in [0.5, 0.6) is 5.75 Å². The Bertz CT molecular complexity index is 535. The Morgan fingerprint density at radius 3 is 2.45 bits per heavy atom. The van der Waals surface area contributed by atoms with Crippen LogP contribution in [0.15, 0.2) is 54.6 Å². The van der Waals surface area contributed by atoms with Crippen molar-refractivity contribution in [3.8, 4) is 5.75 Å². The van der Waals surface area contributed by atoms with Crippen LogP contribution in [0.3, 0.4) is 0 Å². The van der Waals surface area contributed by atoms with E-state index in [9.17, 15) is 4.79 Å². The number of aryl methyl sites for hydroxylation is 1. The Labute approximate surface area is 119 Å². The fourth-order valence-electron chi connectivity index (χ4n) is 1.83. The highest BCUT2D eigenvalue weighted by molar-refractivity contribution is 5.77. The molecule has 3 heteroatoms. The minimum absolute atomic E-state index is 0.0534. The van der Waals surface area contributed by atoms with Crippen LogP contribution in [0, 0.1) is 6.92 Å². The molecule has 0 bridgehead atoms. The molecule has 0 saturated heterocycles. The summed E-state index contributed by atoms with van der Waals surface area (Å²) in [6.45, 7) is 2.69. The van der Waals surface area contributed by atoms with Crippen LogP contribution in [0.25, 0.3) is 0 Å². The van der Waals surface area contributed by atoms with Crippen molar-refractivity contribution in [1.82, 2.24) is 5.32 Å². The van der Waals surface area contributed by atoms with Crippen molar-refractivity contribution >= 4 is 5.91 Å². The number of ether oxygens (including phenoxy) is 1. The second-order valence-corrected chi connectivity index (χ2v) is 4.69. The van der Waals surface area contributed by atoms with Gasteiger partial charge in [-0.2, -0.15) is 0 Å². The van der Waals surface area contributed by atoms with Gasteiger partial charge in [-0.1, -0.05) is 48.0 Å². The normalized spacial score (nSPS) is 10.1. The zero-order valence-electron chi connectivity index (χ0n) is 11.6. The molecule has 0 heterocycles. The standard InChI is InChI=1S/C17H19NO2/c1-14-7-9-16(10-8-14)20-13-17(19)18-12-11-15-5-3-2-4-6-15/h2-10H,11-13H2,1H3,(H,18,19). The first kappa shape index (κ1) is 14.1. The Hall–Kier alpha value is -2.29. The maximum Gasteiger partial charge on any atom is 0.257 e. The van der Waals surface area contributed by atoms with Gasteiger partial charge < -0.3 is 10.1 Å². The van der Waals surface area contributed by atoms with Crippen LogP contribution in [0.1, 0.15) is 11.1 Å². The van der Waals surface area contributed by atoms with Gasteiger partial charge in [-0.3, -0.25) is 4.79 Å². The van der Waals surface area contributed by atoms with E-state index in [2.05, 4.69) is 17.4 Å². The van der Waals surface area contributed by atoms with Crippen molar-refractivity contribution in [3.63, 3.8) is 0 Å². The average molecular weight is 269 g/mol. The van der Waals surface area contributed by atoms with E-state index in [1.54, 1.807) is 0 Å². The molecular formula is C17H19NO2. The molecular weight excluding hydrogens is 250 g/mol. The first-order valence-electron chi connectivity index (χ1n) is 6.74. The molecule has 0 spiro atoms. The Balaban J connectivity index is 1.67. The Kier molecular flexibility index (Phi) is 5.18. The van der Waals surface area contributed by atoms with Crippen molar-refractivity contribution in [2.24, 2.45) is 0 Å². The summed E-state index contributed by atoms with van der Waals surface area (Å²) in [7, 11) is 0. The molecule has 2 aromatic rings. The van der Waals surface area contributed by atoms with Crippen LogP contribution in [-0.2, 0) is 11.2 Å². The molecule has 20 heavy (non-hydrogen) atoms. The van der Waals surface area contributed by atoms with E-state index in [0.29, 0.717) is 12.3 Å². The van der Waals surface area contributed by atoms with Gasteiger partial charge in [-0.15, -0.1) is 0 Å². The lowest BCUT2D eigenvalue weighted by atomic mass is 10.1. The molecule has 1 amide bonds. The van der Waals surface area contributed by atoms with Gasteiger partial charge in [-0.05, 0) is 31.0 Å². The molecule has 0 atom stereocenters. The number of carbonyl (C=O) groups is 1. The predicted octanol–water partition coefficient (Wildman–Crippen LogP) is 2.73. The minimum Gasteiger partial charge on any atom is -0.484 e. The lowest BCUT2D eigenvalue weighted by Gasteiger charge is -2.07. The maximum atomic E-state index is 11.6. The topological polar surface area (TPSA) is 38.3 Å². The van der Waals surface area contributed by atoms with E-state index in [-0.39, 0.29) is 12.5 Å². The first-order valence-corrected chi connectivity index (χ1v) is 6.74. The quantitative estimate of drug-likeness (QED) is 0.875. The third-order valence-corrected chi connectivity index (χ3v) is 2.97. The van der Waals surface area contributed by atoms with Gasteiger partial charge in [0, 0.05) is 6.54 Å². The number of hydrogen-bond donors (Lipinski definition) is 1. The molecule has 2 aromatic carbocycles. The summed E-state index contributed by atoms with van der Waals surface area (Å²) in [5.41, 5.74) is 2.39. The number of carbonyl (C=O) groups excluding carboxylic acids is 1. The summed E-state index contributed by atoms with van der Waals surface area (Å²) >= 11 is 0. The lowest BCUT2D eigenvalue weighted by molar-refractivity contribution is -0.123. The average Bonchev–Trinajstić information content (AvgIpc) is 2.48. The van der Waals surface area contributed by atoms with Crippen LogP contribution in [0.2, 0.25) is 0 Å². The van der Waals surface area contributed by atoms with Gasteiger partial charge in [0.2, 0.25) is 0 Å². The maximum absolute atomic E-state index is 11.6. The first-order chi connectivity index (χ1) is 9.74. The highest BCUT2D eigenvalue weighted by Crippen LogP contribution is 2.10. The van der Waals surface area contributed by atoms with Crippen molar-refractivity contribution < 1.29 is 9.53 Å². The predicted molar refractivity (Wildman–Crippen MR) is 79.8 cm³/mol. The fourth-order valence-corrected chi connectivity index (χ4v) is 1.83. The van der Waals surface area contributed by atoms with E-state index in [4.69, 9.17) is 4.74 Å². The molecule has 0 radical (unpaired) electrons. The van der Waals surface area contributed by atoms with Gasteiger partial charge >= 0.3 is 0 Å². The summed E-state index contributed by atoms with van der Waals surface area (Å²) in [5, 5.41) is 2.85. The largest absolute Gasteiger partial charge is 0.484 e. The molecule has 0 aliphatic heterocycles. The smallest absolute Gasteiger partial charge is 0.257 e. The summed E-state index contributed by atoms with van der Waals surface area (Å²) in [5.74, 6) is 0.621. The molecule has 0 fully saturated rings. The van der Waals surface area contributed by atoms with E-state index in [1.165, 1.54) is 11.1 Å². The third-order valence-electron chi connectivity index (χ3n) is 2.97. The third kappa shape index (κ3) is 4.76. The number of nitrogens with one attached hydrogen (secondary N) is 1. The summed E-state index contributed by atoms with van der Waals surface area (Å²) in [4.78, 5) is 11.6. The van der Waals surface area contributed by atoms with Crippen LogP contribution < -0.4 is 10.1 Å². The monoisotopic (exact) mass is 269 g/mol. The van der Waals surface area contributed by atoms with Crippen LogP contribution >= 0.6 is 0 Å². The summed E-state index contributed by atoms with van der Waals surface area (Å²) in [6, 6.07) is 17.7. The van der Waals surface area contributed by atoms with Gasteiger partial charge in [-0.25, -0.2) is 0 Å². The lowest BCUT2D eigenvalue weighted by Crippen LogP contribution is -2.30. The van der Waals surface area contributed by atoms with Crippen molar-refractivity contribution in [3.05, 3.63) is 65.7 Å². The Morgan fingerprint density at radius 1 is 1.05 bits per heavy atom. The van der Waals surface area contributed by atoms with Gasteiger partial charge in [0.15, 0.2) is 6.61 Å². The molecule has 0 aliphatic carbocycles. The van der Waals surface area contributed by atoms with Gasteiger partial charge in [0.25, 0.3) is 5.91 Å². The molecule has 1 N–H and O–H groups in total. The van der Waals surface area contributed by atoms with Crippen molar-refractivity contribution in [2.45, 2.75) is 13.3 Å². The van der Waals surface area contributed by atoms with E-state index in [0.717, 1.165) is 6.42 Å². The van der Waals surface area contributed by atoms with Crippen LogP contribution in [0.4, 0.5) is 0 Å². The second kappa shape index (κ2) is 7.34. The molecule has 0 aliphatic rings. The fraction of sp³-hybridized carbons (Fsp3) is 0.235. The van der Waals surface area contributed by atoms with Gasteiger partial charge in [0.1, 0.15) is 5.75 Å². The van der Waals surface area contributed by atoms with Crippen LogP contribution in [-0.4, -0.2) is 19.1 Å². The number of amides is 1. The SMILES string of the molecule is Cc1ccc(OCC(=O)NCCc2ccccc2)cc1. The zero-order valence-corrected chi connectivity index (χ0v) is 11.6. The van der Waals surface area contributed by atoms with E-state index < -0.39 is 0 Å². The summed E-state index contributed by atoms with van der Waals surface area (Å²) in [6.07, 6.45) is 0.830. The minimum atomic E-state index is -0.0958. The highest BCUT2D eigenvalue weighted by Gasteiger charge is 2.02. The van der Waals surface area contributed by atoms with Crippen molar-refractivity contribution in [1.29, 1.82) is 0 Å². The second-order valence-electron chi connectivity index (χ2n) is 4.69. The molecule has 0 aromatic heterocycles. The Morgan fingerprint density at radius 2 is 1.75 bits per heavy atom. The molecule has 2 rings (SSSR count). The van der Waals surface area contributed by atoms with Gasteiger partial charge in [0.05, 0.1) is 0 Å². The molecule has 0 unspecified atom stereocenters. The number of rotatable bonds is 6. The van der Waals surface area contributed by atoms with E-state index in [1.807, 2.05) is 49.4 Å². The molecule has 0 saturated carbocycles. The number of benzene rings is 2. The molecule has 104 valence electrons. The van der Waals surface area contributed by atoms with Crippen molar-refractivity contribution in [2.75, 3.05) is 13.2 Å². The molecule has 3 nitrogen and oxygen atoms in total. The highest BCUT2D eigenvalue weighted by atomic mass is 16.5.